The van der Waals surface area contributed by atoms with Gasteiger partial charge < -0.3 is 4.90 Å². The van der Waals surface area contributed by atoms with E-state index < -0.39 is 17.8 Å². The number of amides is 4. The van der Waals surface area contributed by atoms with Crippen LogP contribution in [0.25, 0.3) is 11.6 Å². The van der Waals surface area contributed by atoms with Crippen molar-refractivity contribution in [1.82, 2.24) is 5.32 Å². The van der Waals surface area contributed by atoms with Crippen LogP contribution in [0, 0.1) is 13.8 Å². The summed E-state index contributed by atoms with van der Waals surface area (Å²) in [5, 5.41) is 2.31. The molecule has 1 N–H and O–H groups in total. The third-order valence-corrected chi connectivity index (χ3v) is 6.55. The monoisotopic (exact) mass is 443 g/mol. The van der Waals surface area contributed by atoms with Crippen molar-refractivity contribution >= 4 is 40.9 Å². The predicted molar refractivity (Wildman–Crippen MR) is 132 cm³/mol. The maximum atomic E-state index is 13.3. The van der Waals surface area contributed by atoms with Crippen LogP contribution in [0.15, 0.2) is 48.0 Å². The molecule has 2 aliphatic rings. The average molecular weight is 444 g/mol. The molecular formula is C27H29N3O3. The number of aryl methyl sites for hydroxylation is 1. The predicted octanol–water partition coefficient (Wildman–Crippen LogP) is 4.99. The van der Waals surface area contributed by atoms with E-state index in [1.807, 2.05) is 38.1 Å². The molecular weight excluding hydrogens is 414 g/mol. The number of hydrogen-bond donors (Lipinski definition) is 1. The minimum Gasteiger partial charge on any atom is -0.363 e. The van der Waals surface area contributed by atoms with Crippen molar-refractivity contribution in [3.05, 3.63) is 70.3 Å². The minimum absolute atomic E-state index is 0.0689. The van der Waals surface area contributed by atoms with Gasteiger partial charge in [0.1, 0.15) is 5.57 Å². The number of allylic oxidation sites excluding steroid dienone is 1. The zero-order valence-electron chi connectivity index (χ0n) is 19.9. The van der Waals surface area contributed by atoms with Crippen molar-refractivity contribution in [2.45, 2.75) is 47.1 Å². The molecule has 33 heavy (non-hydrogen) atoms. The molecule has 0 radical (unpaired) electrons. The number of barbiturate groups is 1. The van der Waals surface area contributed by atoms with Crippen LogP contribution in [0.1, 0.15) is 49.9 Å². The number of rotatable bonds is 3. The van der Waals surface area contributed by atoms with Gasteiger partial charge in [-0.3, -0.25) is 14.9 Å². The van der Waals surface area contributed by atoms with E-state index in [0.717, 1.165) is 45.0 Å². The van der Waals surface area contributed by atoms with Gasteiger partial charge in [0, 0.05) is 17.8 Å². The van der Waals surface area contributed by atoms with E-state index in [2.05, 4.69) is 44.0 Å². The van der Waals surface area contributed by atoms with Crippen molar-refractivity contribution in [2.24, 2.45) is 0 Å². The van der Waals surface area contributed by atoms with Crippen LogP contribution in [0.2, 0.25) is 0 Å². The molecule has 0 spiro atoms. The van der Waals surface area contributed by atoms with E-state index in [4.69, 9.17) is 0 Å². The van der Waals surface area contributed by atoms with Gasteiger partial charge in [0.05, 0.1) is 11.2 Å². The maximum absolute atomic E-state index is 13.3. The smallest absolute Gasteiger partial charge is 0.335 e. The van der Waals surface area contributed by atoms with Crippen LogP contribution in [0.5, 0.6) is 0 Å². The molecule has 6 nitrogen and oxygen atoms in total. The lowest BCUT2D eigenvalue weighted by molar-refractivity contribution is -0.122. The number of carbonyl (C=O) groups excluding carboxylic acids is 3. The number of benzene rings is 2. The highest BCUT2D eigenvalue weighted by molar-refractivity contribution is 6.39. The van der Waals surface area contributed by atoms with Crippen LogP contribution in [0.3, 0.4) is 0 Å². The molecule has 0 aromatic heterocycles. The summed E-state index contributed by atoms with van der Waals surface area (Å²) in [6, 6.07) is 10.6. The van der Waals surface area contributed by atoms with E-state index >= 15 is 0 Å². The fraction of sp³-hybridized carbons (Fsp3) is 0.296. The van der Waals surface area contributed by atoms with Gasteiger partial charge in [-0.25, -0.2) is 9.69 Å². The molecule has 4 rings (SSSR count). The van der Waals surface area contributed by atoms with Gasteiger partial charge in [0.15, 0.2) is 0 Å². The fourth-order valence-electron chi connectivity index (χ4n) is 4.79. The molecule has 0 bridgehead atoms. The van der Waals surface area contributed by atoms with Gasteiger partial charge in [-0.15, -0.1) is 0 Å². The van der Waals surface area contributed by atoms with Gasteiger partial charge in [-0.05, 0) is 88.1 Å². The Hall–Kier alpha value is -3.67. The lowest BCUT2D eigenvalue weighted by Crippen LogP contribution is -2.54. The molecule has 2 aromatic carbocycles. The van der Waals surface area contributed by atoms with Crippen molar-refractivity contribution < 1.29 is 14.4 Å². The summed E-state index contributed by atoms with van der Waals surface area (Å²) < 4.78 is 0. The zero-order chi connectivity index (χ0) is 24.1. The topological polar surface area (TPSA) is 69.7 Å². The minimum atomic E-state index is -0.735. The molecule has 0 saturated carbocycles. The Morgan fingerprint density at radius 1 is 1.00 bits per heavy atom. The lowest BCUT2D eigenvalue weighted by Gasteiger charge is -2.42. The van der Waals surface area contributed by atoms with Gasteiger partial charge in [0.25, 0.3) is 11.8 Å². The molecule has 4 amide bonds. The second-order valence-corrected chi connectivity index (χ2v) is 9.18. The highest BCUT2D eigenvalue weighted by atomic mass is 16.2. The van der Waals surface area contributed by atoms with Crippen LogP contribution >= 0.6 is 0 Å². The third-order valence-electron chi connectivity index (χ3n) is 6.55. The molecule has 2 aliphatic heterocycles. The number of urea groups is 1. The molecule has 1 fully saturated rings. The molecule has 1 saturated heterocycles. The summed E-state index contributed by atoms with van der Waals surface area (Å²) >= 11 is 0. The molecule has 0 aliphatic carbocycles. The zero-order valence-corrected chi connectivity index (χ0v) is 19.9. The number of nitrogens with one attached hydrogen (secondary N) is 1. The molecule has 0 unspecified atom stereocenters. The third kappa shape index (κ3) is 3.75. The number of nitrogens with zero attached hydrogens (tertiary/aromatic N) is 2. The lowest BCUT2D eigenvalue weighted by atomic mass is 9.88. The summed E-state index contributed by atoms with van der Waals surface area (Å²) in [5.41, 5.74) is 6.13. The van der Waals surface area contributed by atoms with Crippen LogP contribution in [-0.2, 0) is 9.59 Å². The highest BCUT2D eigenvalue weighted by Gasteiger charge is 2.37. The second kappa shape index (κ2) is 8.03. The Kier molecular flexibility index (Phi) is 5.48. The van der Waals surface area contributed by atoms with Crippen molar-refractivity contribution in [3.63, 3.8) is 0 Å². The Labute approximate surface area is 194 Å². The first kappa shape index (κ1) is 22.5. The largest absolute Gasteiger partial charge is 0.363 e. The summed E-state index contributed by atoms with van der Waals surface area (Å²) in [7, 11) is 0. The number of fused-ring (bicyclic) bond motifs is 1. The molecule has 0 atom stereocenters. The van der Waals surface area contributed by atoms with E-state index in [1.54, 1.807) is 18.2 Å². The fourth-order valence-corrected chi connectivity index (χ4v) is 4.79. The average Bonchev–Trinajstić information content (AvgIpc) is 2.74. The Morgan fingerprint density at radius 3 is 2.42 bits per heavy atom. The summed E-state index contributed by atoms with van der Waals surface area (Å²) in [6.07, 6.45) is 3.79. The van der Waals surface area contributed by atoms with E-state index in [1.165, 1.54) is 0 Å². The van der Waals surface area contributed by atoms with Gasteiger partial charge in [-0.2, -0.15) is 0 Å². The summed E-state index contributed by atoms with van der Waals surface area (Å²) in [6.45, 7) is 13.2. The Balaban J connectivity index is 1.77. The second-order valence-electron chi connectivity index (χ2n) is 9.18. The van der Waals surface area contributed by atoms with Crippen molar-refractivity contribution in [3.8, 4) is 0 Å². The first-order chi connectivity index (χ1) is 15.5. The van der Waals surface area contributed by atoms with Gasteiger partial charge in [-0.1, -0.05) is 24.3 Å². The highest BCUT2D eigenvalue weighted by Crippen LogP contribution is 2.39. The first-order valence-corrected chi connectivity index (χ1v) is 11.1. The molecule has 6 heteroatoms. The standard InChI is InChI=1S/C27H29N3O3/c1-7-29-23-12-11-19(13-20(23)17(3)15-27(29,5)6)14-21-24(31)28-26(33)30(25(21)32)22-10-8-9-16(2)18(22)4/h8-15H,7H2,1-6H3,(H,28,31,33)/b21-14-. The number of imide groups is 2. The van der Waals surface area contributed by atoms with Gasteiger partial charge in [0.2, 0.25) is 0 Å². The molecule has 2 aromatic rings. The SMILES string of the molecule is CCN1c2ccc(/C=C3/C(=O)NC(=O)N(c4cccc(C)c4C)C3=O)cc2C(C)=CC1(C)C. The normalized spacial score (nSPS) is 18.9. The Morgan fingerprint density at radius 2 is 1.73 bits per heavy atom. The van der Waals surface area contributed by atoms with Crippen LogP contribution < -0.4 is 15.1 Å². The molecule has 2 heterocycles. The number of hydrogen-bond acceptors (Lipinski definition) is 4. The van der Waals surface area contributed by atoms with E-state index in [9.17, 15) is 14.4 Å². The number of likely N-dealkylation sites (N-methyl/N-ethyl adjacent to an activating group) is 1. The first-order valence-electron chi connectivity index (χ1n) is 11.1. The Bertz CT molecular complexity index is 1250. The van der Waals surface area contributed by atoms with E-state index in [-0.39, 0.29) is 11.1 Å². The number of anilines is 2. The van der Waals surface area contributed by atoms with E-state index in [0.29, 0.717) is 5.69 Å². The summed E-state index contributed by atoms with van der Waals surface area (Å²) in [5.74, 6) is -1.31. The maximum Gasteiger partial charge on any atom is 0.335 e. The van der Waals surface area contributed by atoms with Crippen molar-refractivity contribution in [2.75, 3.05) is 16.3 Å². The van der Waals surface area contributed by atoms with Crippen LogP contribution in [-0.4, -0.2) is 29.9 Å². The molecule has 170 valence electrons. The van der Waals surface area contributed by atoms with Crippen LogP contribution in [0.4, 0.5) is 16.2 Å². The number of carbonyl (C=O) groups is 3. The van der Waals surface area contributed by atoms with Gasteiger partial charge >= 0.3 is 6.03 Å². The summed E-state index contributed by atoms with van der Waals surface area (Å²) in [4.78, 5) is 41.9. The quantitative estimate of drug-likeness (QED) is 0.536. The van der Waals surface area contributed by atoms with Crippen molar-refractivity contribution in [1.29, 1.82) is 0 Å².